The normalized spacial score (nSPS) is 10.3. The third-order valence-electron chi connectivity index (χ3n) is 6.10. The average Bonchev–Trinajstić information content (AvgIpc) is 3.97. The molecule has 0 aromatic carbocycles. The number of nitrogens with two attached hydrogens (primary N) is 1. The molecule has 4 heterocycles. The molecular formula is C31H43Br5Cl3Cs2N10O9P. The van der Waals surface area contributed by atoms with Crippen molar-refractivity contribution < 1.29 is 183 Å². The van der Waals surface area contributed by atoms with Gasteiger partial charge in [0.15, 0.2) is 5.54 Å². The number of rotatable bonds is 7. The number of aromatic nitrogens is 8. The van der Waals surface area contributed by atoms with Crippen molar-refractivity contribution in [2.75, 3.05) is 14.2 Å². The second-order valence-electron chi connectivity index (χ2n) is 12.4. The monoisotopic (exact) mass is 1500 g/mol. The molecule has 30 heteroatoms. The quantitative estimate of drug-likeness (QED) is 0.0515. The molecular weight excluding hydrogens is 1460 g/mol. The molecule has 3 N–H and O–H groups in total. The molecule has 0 radical (unpaired) electrons. The third kappa shape index (κ3) is 34.7. The van der Waals surface area contributed by atoms with Gasteiger partial charge in [0.05, 0.1) is 56.9 Å². The molecule has 1 amide bonds. The second-order valence-corrected chi connectivity index (χ2v) is 24.6. The molecule has 0 spiro atoms. The molecule has 0 fully saturated rings. The summed E-state index contributed by atoms with van der Waals surface area (Å²) in [5.74, 6) is -0.973. The van der Waals surface area contributed by atoms with Gasteiger partial charge < -0.3 is 26.8 Å². The minimum Gasteiger partial charge on any atom is -1.00 e. The Labute approximate surface area is 529 Å². The van der Waals surface area contributed by atoms with Crippen LogP contribution < -0.4 is 149 Å². The average molecular weight is 1500 g/mol. The Morgan fingerprint density at radius 2 is 1.15 bits per heavy atom. The molecule has 4 aromatic rings. The van der Waals surface area contributed by atoms with Crippen molar-refractivity contribution in [1.29, 1.82) is 0 Å². The molecule has 0 aliphatic heterocycles. The number of nitrogens with zero attached hydrogens (tertiary/aromatic N) is 8. The van der Waals surface area contributed by atoms with Crippen molar-refractivity contribution in [3.05, 3.63) is 78.9 Å². The summed E-state index contributed by atoms with van der Waals surface area (Å²) in [6.45, 7) is 20.8. The smallest absolute Gasteiger partial charge is 1.00 e. The maximum atomic E-state index is 11.3. The number of carbonyl (C=O) groups excluding carboxylic acids is 4. The molecule has 4 rings (SSSR count). The summed E-state index contributed by atoms with van der Waals surface area (Å²) < 4.78 is 26.3. The van der Waals surface area contributed by atoms with E-state index in [9.17, 15) is 18.9 Å². The Kier molecular flexibility index (Phi) is 42.2. The number of hydrogen-bond acceptors (Lipinski definition) is 13. The van der Waals surface area contributed by atoms with Crippen LogP contribution in [-0.4, -0.2) is 82.4 Å². The van der Waals surface area contributed by atoms with Gasteiger partial charge in [0.1, 0.15) is 9.86 Å². The second kappa shape index (κ2) is 35.9. The number of carbonyl (C=O) groups is 4. The van der Waals surface area contributed by atoms with Crippen LogP contribution in [0.15, 0.2) is 67.5 Å². The van der Waals surface area contributed by atoms with E-state index in [1.807, 2.05) is 13.8 Å². The van der Waals surface area contributed by atoms with Gasteiger partial charge in [-0.3, -0.25) is 38.3 Å². The van der Waals surface area contributed by atoms with E-state index in [4.69, 9.17) is 22.4 Å². The molecule has 61 heavy (non-hydrogen) atoms. The first-order valence-corrected chi connectivity index (χ1v) is 23.9. The molecule has 0 atom stereocenters. The largest absolute Gasteiger partial charge is 1.00 e. The van der Waals surface area contributed by atoms with Crippen LogP contribution in [0, 0.1) is 6.57 Å². The fraction of sp³-hybridized carbons (Fsp3) is 0.452. The SMILES string of the molecule is Brc1cn[nH]c1.CC(C)(C(N)=O)n1cc(Br)cn1.COC(=O)C(C)(C)Br.COC(=O)C(C)(C)n1cc(Br)cn1.O=CO[O-].O=P(Cl)(Cl)Cl.[C-]#[N+]C(C)(C)n1cc(Br)cn1.[Cs+].[Cs+].[H-]. The molecule has 4 aromatic heterocycles. The topological polar surface area (TPSA) is 249 Å². The van der Waals surface area contributed by atoms with Gasteiger partial charge >= 0.3 is 161 Å². The van der Waals surface area contributed by atoms with Gasteiger partial charge in [-0.1, -0.05) is 15.9 Å². The first-order chi connectivity index (χ1) is 26.8. The third-order valence-corrected chi connectivity index (χ3v) is 8.08. The molecule has 0 aliphatic rings. The Balaban J connectivity index is -0.000000151. The number of halogens is 8. The Morgan fingerprint density at radius 1 is 0.803 bits per heavy atom. The van der Waals surface area contributed by atoms with Crippen LogP contribution in [0.25, 0.3) is 4.85 Å². The first-order valence-electron chi connectivity index (χ1n) is 15.5. The molecule has 0 saturated carbocycles. The van der Waals surface area contributed by atoms with Crippen molar-refractivity contribution in [3.8, 4) is 0 Å². The number of aromatic amines is 1. The zero-order valence-electron chi connectivity index (χ0n) is 36.0. The van der Waals surface area contributed by atoms with Gasteiger partial charge in [-0.15, -0.1) is 0 Å². The van der Waals surface area contributed by atoms with E-state index in [2.05, 4.69) is 158 Å². The predicted molar refractivity (Wildman–Crippen MR) is 240 cm³/mol. The van der Waals surface area contributed by atoms with Crippen LogP contribution in [0.2, 0.25) is 0 Å². The Bertz CT molecular complexity index is 1960. The summed E-state index contributed by atoms with van der Waals surface area (Å²) in [5.41, 5.74) is 3.08. The van der Waals surface area contributed by atoms with Crippen molar-refractivity contribution in [2.45, 2.75) is 76.5 Å². The van der Waals surface area contributed by atoms with E-state index in [0.29, 0.717) is 0 Å². The fourth-order valence-electron chi connectivity index (χ4n) is 2.80. The van der Waals surface area contributed by atoms with Crippen molar-refractivity contribution in [1.82, 2.24) is 39.5 Å². The van der Waals surface area contributed by atoms with E-state index >= 15 is 0 Å². The molecule has 0 saturated heterocycles. The summed E-state index contributed by atoms with van der Waals surface area (Å²) >= 11 is 29.9. The van der Waals surface area contributed by atoms with E-state index in [1.54, 1.807) is 100 Å². The molecule has 0 bridgehead atoms. The van der Waals surface area contributed by atoms with E-state index < -0.39 is 32.2 Å². The Hall–Kier alpha value is 1.77. The minimum atomic E-state index is -3.22. The molecule has 19 nitrogen and oxygen atoms in total. The van der Waals surface area contributed by atoms with E-state index in [0.717, 1.165) is 17.9 Å². The number of esters is 2. The number of alkyl halides is 1. The number of nitrogens with one attached hydrogen (secondary N) is 1. The van der Waals surface area contributed by atoms with Crippen LogP contribution in [0.1, 0.15) is 56.8 Å². The maximum Gasteiger partial charge on any atom is 1.00 e. The fourth-order valence-corrected chi connectivity index (χ4v) is 4.02. The number of methoxy groups -OCH3 is 2. The van der Waals surface area contributed by atoms with E-state index in [1.165, 1.54) is 18.9 Å². The van der Waals surface area contributed by atoms with Gasteiger partial charge in [0.2, 0.25) is 5.91 Å². The van der Waals surface area contributed by atoms with Gasteiger partial charge in [0.25, 0.3) is 6.47 Å². The summed E-state index contributed by atoms with van der Waals surface area (Å²) in [5, 5.41) is 23.5. The first kappa shape index (κ1) is 71.8. The number of hydrogen-bond donors (Lipinski definition) is 2. The summed E-state index contributed by atoms with van der Waals surface area (Å²) in [6.07, 6.45) is 13.6. The predicted octanol–water partition coefficient (Wildman–Crippen LogP) is 2.55. The molecule has 0 unspecified atom stereocenters. The van der Waals surface area contributed by atoms with Gasteiger partial charge in [0, 0.05) is 38.6 Å². The molecule has 334 valence electrons. The molecule has 0 aliphatic carbocycles. The number of H-pyrrole nitrogens is 1. The summed E-state index contributed by atoms with van der Waals surface area (Å²) in [4.78, 5) is 47.6. The number of amides is 1. The van der Waals surface area contributed by atoms with Crippen LogP contribution in [0.5, 0.6) is 0 Å². The van der Waals surface area contributed by atoms with Crippen LogP contribution >= 0.6 is 119 Å². The van der Waals surface area contributed by atoms with Crippen molar-refractivity contribution in [3.63, 3.8) is 0 Å². The maximum absolute atomic E-state index is 11.3. The number of primary amides is 1. The summed E-state index contributed by atoms with van der Waals surface area (Å²) in [7, 11) is 2.73. The van der Waals surface area contributed by atoms with Crippen LogP contribution in [0.3, 0.4) is 0 Å². The zero-order chi connectivity index (χ0) is 47.0. The minimum absolute atomic E-state index is 0. The number of ether oxygens (including phenoxy) is 2. The van der Waals surface area contributed by atoms with Crippen molar-refractivity contribution >= 4 is 143 Å². The Morgan fingerprint density at radius 3 is 1.33 bits per heavy atom. The van der Waals surface area contributed by atoms with Crippen LogP contribution in [-0.2, 0) is 54.8 Å². The van der Waals surface area contributed by atoms with Crippen LogP contribution in [0.4, 0.5) is 0 Å². The van der Waals surface area contributed by atoms with E-state index in [-0.39, 0.29) is 158 Å². The zero-order valence-corrected chi connectivity index (χ0v) is 58.6. The standard InChI is InChI=1S/C8H11BrN2O2.C7H10BrN3O.C7H8BrN3.C5H9BrO2.C3H3BrN2.CH2O3.Cl3OP.2Cs.H/c1-8(2,7(12)13-3)11-5-6(9)4-10-11;1-7(2,6(9)12)11-4-5(8)3-10-11;1-7(2,9-3)11-5-6(8)4-10-11;1-5(2,6)4(7)8-3;4-3-1-5-6-2-3;2-1-4-3;1-5(2,3)4;;;/h4-5H,1-3H3;3-4H,1-2H3,(H2,9,12);4-5H,1-2H3;1-3H3;1-2H,(H,5,6);1,3H;;;;/q;;;;;;;2*+1;-1/p-1. The van der Waals surface area contributed by atoms with Crippen molar-refractivity contribution in [2.24, 2.45) is 5.73 Å². The van der Waals surface area contributed by atoms with Gasteiger partial charge in [-0.2, -0.15) is 25.1 Å². The van der Waals surface area contributed by atoms with Gasteiger partial charge in [-0.25, -0.2) is 11.4 Å². The summed E-state index contributed by atoms with van der Waals surface area (Å²) in [6, 6.07) is 0. The van der Waals surface area contributed by atoms with Gasteiger partial charge in [-0.05, 0) is 139 Å².